The van der Waals surface area contributed by atoms with E-state index in [-0.39, 0.29) is 0 Å². The normalized spacial score (nSPS) is 11.8. The second kappa shape index (κ2) is 7.13. The van der Waals surface area contributed by atoms with Crippen molar-refractivity contribution >= 4 is 5.84 Å². The first-order valence-electron chi connectivity index (χ1n) is 4.92. The van der Waals surface area contributed by atoms with E-state index in [4.69, 9.17) is 5.73 Å². The van der Waals surface area contributed by atoms with Crippen molar-refractivity contribution < 1.29 is 0 Å². The molecule has 0 atom stereocenters. The molecule has 0 aromatic carbocycles. The largest absolute Gasteiger partial charge is 0.383 e. The first kappa shape index (κ1) is 12.7. The molecule has 2 nitrogen and oxygen atoms in total. The summed E-state index contributed by atoms with van der Waals surface area (Å²) in [5.74, 6) is 0.535. The van der Waals surface area contributed by atoms with Crippen molar-refractivity contribution in [1.82, 2.24) is 0 Å². The zero-order valence-electron chi connectivity index (χ0n) is 9.38. The van der Waals surface area contributed by atoms with Crippen LogP contribution in [0.2, 0.25) is 0 Å². The molecular formula is C12H20N2. The maximum atomic E-state index is 5.78. The third kappa shape index (κ3) is 4.65. The number of rotatable bonds is 5. The van der Waals surface area contributed by atoms with Crippen molar-refractivity contribution in [3.05, 3.63) is 36.1 Å². The molecule has 0 aromatic rings. The van der Waals surface area contributed by atoms with Crippen LogP contribution in [-0.2, 0) is 0 Å². The highest BCUT2D eigenvalue weighted by atomic mass is 14.8. The van der Waals surface area contributed by atoms with Crippen LogP contribution in [-0.4, -0.2) is 5.84 Å². The van der Waals surface area contributed by atoms with E-state index in [2.05, 4.69) is 24.6 Å². The summed E-state index contributed by atoms with van der Waals surface area (Å²) in [6.07, 6.45) is 7.82. The summed E-state index contributed by atoms with van der Waals surface area (Å²) in [6.45, 7) is 9.72. The lowest BCUT2D eigenvalue weighted by Gasteiger charge is -2.03. The highest BCUT2D eigenvalue weighted by molar-refractivity contribution is 6.00. The Morgan fingerprint density at radius 3 is 2.50 bits per heavy atom. The zero-order chi connectivity index (χ0) is 11.0. The van der Waals surface area contributed by atoms with Crippen LogP contribution in [0.5, 0.6) is 0 Å². The van der Waals surface area contributed by atoms with Crippen LogP contribution < -0.4 is 5.73 Å². The monoisotopic (exact) mass is 192 g/mol. The molecule has 0 aromatic heterocycles. The molecule has 0 bridgehead atoms. The number of unbranched alkanes of at least 4 members (excludes halogenated alkanes) is 1. The first-order valence-corrected chi connectivity index (χ1v) is 4.92. The topological polar surface area (TPSA) is 38.4 Å². The van der Waals surface area contributed by atoms with Crippen LogP contribution in [0.1, 0.15) is 33.6 Å². The van der Waals surface area contributed by atoms with Crippen molar-refractivity contribution in [2.75, 3.05) is 0 Å². The molecule has 0 fully saturated rings. The Kier molecular flexibility index (Phi) is 6.46. The molecule has 0 spiro atoms. The van der Waals surface area contributed by atoms with Crippen molar-refractivity contribution in [3.63, 3.8) is 0 Å². The van der Waals surface area contributed by atoms with Crippen LogP contribution in [0.15, 0.2) is 41.1 Å². The number of aliphatic imine (C=N–C) groups is 1. The van der Waals surface area contributed by atoms with Crippen LogP contribution in [0.4, 0.5) is 0 Å². The fraction of sp³-hybridized carbons (Fsp3) is 0.417. The Labute approximate surface area is 86.9 Å². The number of hydrogen-bond acceptors (Lipinski definition) is 1. The smallest absolute Gasteiger partial charge is 0.130 e. The minimum atomic E-state index is 0.535. The van der Waals surface area contributed by atoms with E-state index in [0.717, 1.165) is 18.4 Å². The van der Waals surface area contributed by atoms with Gasteiger partial charge < -0.3 is 5.73 Å². The molecule has 78 valence electrons. The van der Waals surface area contributed by atoms with Gasteiger partial charge in [-0.15, -0.1) is 0 Å². The Morgan fingerprint density at radius 1 is 1.43 bits per heavy atom. The minimum absolute atomic E-state index is 0.535. The van der Waals surface area contributed by atoms with Crippen LogP contribution in [0.25, 0.3) is 0 Å². The average Bonchev–Trinajstić information content (AvgIpc) is 2.12. The molecule has 0 rings (SSSR count). The molecule has 14 heavy (non-hydrogen) atoms. The average molecular weight is 192 g/mol. The molecule has 0 saturated carbocycles. The van der Waals surface area contributed by atoms with Crippen molar-refractivity contribution in [2.24, 2.45) is 10.7 Å². The fourth-order valence-corrected chi connectivity index (χ4v) is 1.04. The van der Waals surface area contributed by atoms with Gasteiger partial charge in [0.15, 0.2) is 0 Å². The lowest BCUT2D eigenvalue weighted by molar-refractivity contribution is 0.958. The molecule has 2 heteroatoms. The SMILES string of the molecule is C=C/N=C(/N)C(/C=C\CCC)=C(C)C. The maximum absolute atomic E-state index is 5.78. The van der Waals surface area contributed by atoms with Crippen LogP contribution in [0.3, 0.4) is 0 Å². The number of hydrogen-bond donors (Lipinski definition) is 1. The van der Waals surface area contributed by atoms with Gasteiger partial charge in [0, 0.05) is 11.8 Å². The highest BCUT2D eigenvalue weighted by Gasteiger charge is 1.99. The van der Waals surface area contributed by atoms with Gasteiger partial charge in [0.25, 0.3) is 0 Å². The Bertz CT molecular complexity index is 266. The van der Waals surface area contributed by atoms with E-state index in [1.807, 2.05) is 19.9 Å². The molecule has 0 amide bonds. The molecule has 2 N–H and O–H groups in total. The fourth-order valence-electron chi connectivity index (χ4n) is 1.04. The third-order valence-corrected chi connectivity index (χ3v) is 1.78. The van der Waals surface area contributed by atoms with E-state index in [0.29, 0.717) is 5.84 Å². The molecule has 0 aliphatic rings. The summed E-state index contributed by atoms with van der Waals surface area (Å²) in [5, 5.41) is 0. The summed E-state index contributed by atoms with van der Waals surface area (Å²) >= 11 is 0. The quantitative estimate of drug-likeness (QED) is 0.405. The van der Waals surface area contributed by atoms with Crippen molar-refractivity contribution in [1.29, 1.82) is 0 Å². The standard InChI is InChI=1S/C12H20N2/c1-5-7-8-9-11(10(3)4)12(13)14-6-2/h6,8-9H,2,5,7H2,1,3-4H3,(H2,13,14)/b9-8-. The molecule has 0 unspecified atom stereocenters. The molecule has 0 radical (unpaired) electrons. The van der Waals surface area contributed by atoms with Gasteiger partial charge in [0.1, 0.15) is 5.84 Å². The number of nitrogens with two attached hydrogens (primary N) is 1. The highest BCUT2D eigenvalue weighted by Crippen LogP contribution is 2.06. The van der Waals surface area contributed by atoms with E-state index in [9.17, 15) is 0 Å². The summed E-state index contributed by atoms with van der Waals surface area (Å²) in [4.78, 5) is 3.97. The molecule has 0 aliphatic carbocycles. The van der Waals surface area contributed by atoms with E-state index < -0.39 is 0 Å². The zero-order valence-corrected chi connectivity index (χ0v) is 9.38. The van der Waals surface area contributed by atoms with Gasteiger partial charge in [-0.2, -0.15) is 0 Å². The van der Waals surface area contributed by atoms with E-state index >= 15 is 0 Å². The van der Waals surface area contributed by atoms with Crippen LogP contribution >= 0.6 is 0 Å². The van der Waals surface area contributed by atoms with Crippen molar-refractivity contribution in [3.8, 4) is 0 Å². The summed E-state index contributed by atoms with van der Waals surface area (Å²) in [6, 6.07) is 0. The molecule has 0 heterocycles. The lowest BCUT2D eigenvalue weighted by atomic mass is 10.1. The Balaban J connectivity index is 4.73. The maximum Gasteiger partial charge on any atom is 0.130 e. The summed E-state index contributed by atoms with van der Waals surface area (Å²) < 4.78 is 0. The summed E-state index contributed by atoms with van der Waals surface area (Å²) in [5.41, 5.74) is 7.95. The van der Waals surface area contributed by atoms with Gasteiger partial charge in [0.2, 0.25) is 0 Å². The van der Waals surface area contributed by atoms with Gasteiger partial charge in [-0.1, -0.05) is 37.6 Å². The Morgan fingerprint density at radius 2 is 2.07 bits per heavy atom. The lowest BCUT2D eigenvalue weighted by Crippen LogP contribution is -2.14. The van der Waals surface area contributed by atoms with Crippen molar-refractivity contribution in [2.45, 2.75) is 33.6 Å². The van der Waals surface area contributed by atoms with E-state index in [1.165, 1.54) is 11.8 Å². The second-order valence-corrected chi connectivity index (χ2v) is 3.30. The first-order chi connectivity index (χ1) is 6.63. The van der Waals surface area contributed by atoms with Gasteiger partial charge in [0.05, 0.1) is 0 Å². The van der Waals surface area contributed by atoms with Gasteiger partial charge in [-0.3, -0.25) is 0 Å². The minimum Gasteiger partial charge on any atom is -0.383 e. The second-order valence-electron chi connectivity index (χ2n) is 3.30. The number of allylic oxidation sites excluding steroid dienone is 2. The van der Waals surface area contributed by atoms with E-state index in [1.54, 1.807) is 0 Å². The predicted molar refractivity (Wildman–Crippen MR) is 64.2 cm³/mol. The molecule has 0 saturated heterocycles. The molecular weight excluding hydrogens is 172 g/mol. The Hall–Kier alpha value is -1.31. The number of amidine groups is 1. The molecule has 0 aliphatic heterocycles. The van der Waals surface area contributed by atoms with Gasteiger partial charge in [-0.25, -0.2) is 4.99 Å². The third-order valence-electron chi connectivity index (χ3n) is 1.78. The van der Waals surface area contributed by atoms with Crippen LogP contribution in [0, 0.1) is 0 Å². The predicted octanol–water partition coefficient (Wildman–Crippen LogP) is 3.18. The van der Waals surface area contributed by atoms with Gasteiger partial charge in [-0.05, 0) is 20.3 Å². The van der Waals surface area contributed by atoms with Gasteiger partial charge >= 0.3 is 0 Å². The number of nitrogens with zero attached hydrogens (tertiary/aromatic N) is 1. The summed E-state index contributed by atoms with van der Waals surface area (Å²) in [7, 11) is 0.